The van der Waals surface area contributed by atoms with Gasteiger partial charge in [-0.2, -0.15) is 5.10 Å². The molecule has 0 radical (unpaired) electrons. The fourth-order valence-corrected chi connectivity index (χ4v) is 3.76. The van der Waals surface area contributed by atoms with E-state index in [0.717, 1.165) is 19.6 Å². The van der Waals surface area contributed by atoms with Gasteiger partial charge in [0.25, 0.3) is 0 Å². The summed E-state index contributed by atoms with van der Waals surface area (Å²) in [5, 5.41) is 11.9. The summed E-state index contributed by atoms with van der Waals surface area (Å²) >= 11 is 0. The Hall–Kier alpha value is -0.870. The molecule has 19 heavy (non-hydrogen) atoms. The quantitative estimate of drug-likeness (QED) is 0.855. The molecule has 0 aliphatic carbocycles. The summed E-state index contributed by atoms with van der Waals surface area (Å²) in [5.74, 6) is 0.666. The monoisotopic (exact) mass is 262 g/mol. The van der Waals surface area contributed by atoms with Crippen molar-refractivity contribution in [2.45, 2.75) is 51.5 Å². The number of aryl methyl sites for hydroxylation is 1. The molecule has 0 amide bonds. The zero-order valence-electron chi connectivity index (χ0n) is 12.2. The maximum atomic E-state index is 4.86. The Kier molecular flexibility index (Phi) is 3.89. The molecule has 1 aromatic heterocycles. The Morgan fingerprint density at radius 1 is 1.05 bits per heavy atom. The van der Waals surface area contributed by atoms with E-state index in [1.807, 2.05) is 0 Å². The lowest BCUT2D eigenvalue weighted by Crippen LogP contribution is -2.33. The molecule has 2 atom stereocenters. The Morgan fingerprint density at radius 2 is 1.79 bits per heavy atom. The van der Waals surface area contributed by atoms with Gasteiger partial charge in [-0.25, -0.2) is 0 Å². The summed E-state index contributed by atoms with van der Waals surface area (Å²) in [6.07, 6.45) is 5.13. The number of rotatable bonds is 2. The molecule has 0 bridgehead atoms. The number of piperidine rings is 2. The van der Waals surface area contributed by atoms with Crippen molar-refractivity contribution in [3.05, 3.63) is 17.0 Å². The zero-order valence-corrected chi connectivity index (χ0v) is 12.2. The van der Waals surface area contributed by atoms with Crippen molar-refractivity contribution in [1.29, 1.82) is 0 Å². The van der Waals surface area contributed by atoms with Crippen molar-refractivity contribution in [3.8, 4) is 0 Å². The number of aromatic nitrogens is 2. The van der Waals surface area contributed by atoms with Crippen LogP contribution in [0.4, 0.5) is 0 Å². The molecule has 2 saturated heterocycles. The minimum Gasteiger partial charge on any atom is -0.316 e. The van der Waals surface area contributed by atoms with E-state index in [1.165, 1.54) is 49.2 Å². The maximum absolute atomic E-state index is 4.86. The second-order valence-electron chi connectivity index (χ2n) is 6.07. The first-order valence-electron chi connectivity index (χ1n) is 7.74. The van der Waals surface area contributed by atoms with Crippen LogP contribution in [0.25, 0.3) is 0 Å². The molecule has 1 aromatic rings. The van der Waals surface area contributed by atoms with Crippen LogP contribution in [-0.4, -0.2) is 36.0 Å². The van der Waals surface area contributed by atoms with Gasteiger partial charge in [-0.3, -0.25) is 4.68 Å². The third-order valence-corrected chi connectivity index (χ3v) is 4.70. The molecule has 0 saturated carbocycles. The lowest BCUT2D eigenvalue weighted by atomic mass is 9.90. The highest BCUT2D eigenvalue weighted by molar-refractivity contribution is 5.30. The molecule has 2 aliphatic rings. The molecular formula is C15H26N4. The van der Waals surface area contributed by atoms with E-state index in [4.69, 9.17) is 5.10 Å². The summed E-state index contributed by atoms with van der Waals surface area (Å²) in [4.78, 5) is 0. The summed E-state index contributed by atoms with van der Waals surface area (Å²) < 4.78 is 2.30. The number of hydrogen-bond acceptors (Lipinski definition) is 3. The van der Waals surface area contributed by atoms with Crippen LogP contribution >= 0.6 is 0 Å². The van der Waals surface area contributed by atoms with Gasteiger partial charge in [0.05, 0.1) is 11.7 Å². The fraction of sp³-hybridized carbons (Fsp3) is 0.800. The molecule has 2 fully saturated rings. The molecular weight excluding hydrogens is 236 g/mol. The van der Waals surface area contributed by atoms with Gasteiger partial charge in [-0.1, -0.05) is 0 Å². The average Bonchev–Trinajstić information content (AvgIpc) is 2.76. The van der Waals surface area contributed by atoms with Crippen molar-refractivity contribution < 1.29 is 0 Å². The van der Waals surface area contributed by atoms with Gasteiger partial charge in [-0.05, 0) is 52.6 Å². The predicted octanol–water partition coefficient (Wildman–Crippen LogP) is 1.89. The van der Waals surface area contributed by atoms with Gasteiger partial charge >= 0.3 is 0 Å². The van der Waals surface area contributed by atoms with Crippen molar-refractivity contribution in [2.75, 3.05) is 26.2 Å². The molecule has 2 aliphatic heterocycles. The van der Waals surface area contributed by atoms with Crippen LogP contribution in [0.3, 0.4) is 0 Å². The smallest absolute Gasteiger partial charge is 0.0647 e. The van der Waals surface area contributed by atoms with Crippen LogP contribution in [-0.2, 0) is 0 Å². The molecule has 0 aromatic carbocycles. The third kappa shape index (κ3) is 2.56. The SMILES string of the molecule is Cc1nn(C2CCCNC2)c(C)c1C1CCCNC1. The van der Waals surface area contributed by atoms with Gasteiger partial charge in [-0.15, -0.1) is 0 Å². The van der Waals surface area contributed by atoms with Crippen LogP contribution in [0.2, 0.25) is 0 Å². The average molecular weight is 262 g/mol. The third-order valence-electron chi connectivity index (χ3n) is 4.70. The molecule has 3 heterocycles. The molecule has 2 unspecified atom stereocenters. The first kappa shape index (κ1) is 13.1. The minimum absolute atomic E-state index is 0.553. The number of nitrogens with one attached hydrogen (secondary N) is 2. The Morgan fingerprint density at radius 3 is 2.42 bits per heavy atom. The zero-order chi connectivity index (χ0) is 13.2. The summed E-state index contributed by atoms with van der Waals surface area (Å²) in [5.41, 5.74) is 4.16. The summed E-state index contributed by atoms with van der Waals surface area (Å²) in [6.45, 7) is 8.98. The lowest BCUT2D eigenvalue weighted by molar-refractivity contribution is 0.340. The van der Waals surface area contributed by atoms with E-state index < -0.39 is 0 Å². The van der Waals surface area contributed by atoms with E-state index in [0.29, 0.717) is 12.0 Å². The van der Waals surface area contributed by atoms with E-state index >= 15 is 0 Å². The van der Waals surface area contributed by atoms with Crippen molar-refractivity contribution in [2.24, 2.45) is 0 Å². The van der Waals surface area contributed by atoms with Gasteiger partial charge in [0.1, 0.15) is 0 Å². The standard InChI is InChI=1S/C15H26N4/c1-11-15(13-5-3-7-16-9-13)12(2)19(18-11)14-6-4-8-17-10-14/h13-14,16-17H,3-10H2,1-2H3. The highest BCUT2D eigenvalue weighted by Gasteiger charge is 2.25. The van der Waals surface area contributed by atoms with Crippen molar-refractivity contribution in [1.82, 2.24) is 20.4 Å². The predicted molar refractivity (Wildman–Crippen MR) is 77.7 cm³/mol. The Balaban J connectivity index is 1.86. The van der Waals surface area contributed by atoms with Gasteiger partial charge < -0.3 is 10.6 Å². The number of hydrogen-bond donors (Lipinski definition) is 2. The summed E-state index contributed by atoms with van der Waals surface area (Å²) in [6, 6.07) is 0.553. The normalized spacial score (nSPS) is 28.5. The van der Waals surface area contributed by atoms with E-state index in [2.05, 4.69) is 29.2 Å². The first-order chi connectivity index (χ1) is 9.27. The summed E-state index contributed by atoms with van der Waals surface area (Å²) in [7, 11) is 0. The van der Waals surface area contributed by atoms with Crippen LogP contribution in [0.5, 0.6) is 0 Å². The van der Waals surface area contributed by atoms with E-state index in [-0.39, 0.29) is 0 Å². The van der Waals surface area contributed by atoms with Crippen molar-refractivity contribution >= 4 is 0 Å². The van der Waals surface area contributed by atoms with E-state index in [9.17, 15) is 0 Å². The first-order valence-corrected chi connectivity index (χ1v) is 7.74. The van der Waals surface area contributed by atoms with Crippen molar-refractivity contribution in [3.63, 3.8) is 0 Å². The molecule has 0 spiro atoms. The molecule has 4 heteroatoms. The van der Waals surface area contributed by atoms with Crippen LogP contribution in [0, 0.1) is 13.8 Å². The van der Waals surface area contributed by atoms with Gasteiger partial charge in [0.2, 0.25) is 0 Å². The largest absolute Gasteiger partial charge is 0.316 e. The van der Waals surface area contributed by atoms with E-state index in [1.54, 1.807) is 0 Å². The van der Waals surface area contributed by atoms with Crippen LogP contribution in [0.15, 0.2) is 0 Å². The molecule has 4 nitrogen and oxygen atoms in total. The molecule has 2 N–H and O–H groups in total. The van der Waals surface area contributed by atoms with Gasteiger partial charge in [0, 0.05) is 30.3 Å². The van der Waals surface area contributed by atoms with Crippen LogP contribution in [0.1, 0.15) is 54.6 Å². The highest BCUT2D eigenvalue weighted by atomic mass is 15.3. The Labute approximate surface area is 116 Å². The molecule has 106 valence electrons. The minimum atomic E-state index is 0.553. The van der Waals surface area contributed by atoms with Gasteiger partial charge in [0.15, 0.2) is 0 Å². The highest BCUT2D eigenvalue weighted by Crippen LogP contribution is 2.31. The fourth-order valence-electron chi connectivity index (χ4n) is 3.76. The second-order valence-corrected chi connectivity index (χ2v) is 6.07. The molecule has 3 rings (SSSR count). The Bertz CT molecular complexity index is 426. The topological polar surface area (TPSA) is 41.9 Å². The van der Waals surface area contributed by atoms with Crippen LogP contribution < -0.4 is 10.6 Å². The number of nitrogens with zero attached hydrogens (tertiary/aromatic N) is 2. The second kappa shape index (κ2) is 5.63. The maximum Gasteiger partial charge on any atom is 0.0647 e. The lowest BCUT2D eigenvalue weighted by Gasteiger charge is -2.26.